The second-order valence-corrected chi connectivity index (χ2v) is 9.46. The van der Waals surface area contributed by atoms with Crippen LogP contribution in [0.5, 0.6) is 17.2 Å². The van der Waals surface area contributed by atoms with Gasteiger partial charge in [-0.3, -0.25) is 23.5 Å². The minimum absolute atomic E-state index is 0.0718. The first kappa shape index (κ1) is 27.5. The molecule has 1 amide bonds. The number of phenolic OH excluding ortho intramolecular Hbond substituents is 1. The summed E-state index contributed by atoms with van der Waals surface area (Å²) in [5, 5.41) is 17.3. The number of carboxylic acid groups (broad SMARTS) is 1. The van der Waals surface area contributed by atoms with Crippen LogP contribution in [0.3, 0.4) is 0 Å². The number of carbonyl (C=O) groups is 2. The maximum atomic E-state index is 13.5. The largest absolute Gasteiger partial charge is 0.508 e. The van der Waals surface area contributed by atoms with Crippen LogP contribution in [-0.4, -0.2) is 56.5 Å². The monoisotopic (exact) mass is 537 g/mol. The van der Waals surface area contributed by atoms with Crippen molar-refractivity contribution in [1.82, 2.24) is 14.0 Å². The highest BCUT2D eigenvalue weighted by Gasteiger charge is 2.22. The van der Waals surface area contributed by atoms with Crippen LogP contribution < -0.4 is 20.7 Å². The van der Waals surface area contributed by atoms with Crippen LogP contribution in [0.4, 0.5) is 0 Å². The van der Waals surface area contributed by atoms with E-state index < -0.39 is 11.2 Å². The van der Waals surface area contributed by atoms with Gasteiger partial charge in [0.05, 0.1) is 0 Å². The van der Waals surface area contributed by atoms with Gasteiger partial charge in [-0.05, 0) is 72.6 Å². The fraction of sp³-hybridized carbons (Fsp3) is 0.357. The number of rotatable bonds is 1. The van der Waals surface area contributed by atoms with Crippen LogP contribution >= 0.6 is 0 Å². The summed E-state index contributed by atoms with van der Waals surface area (Å²) >= 11 is 0. The van der Waals surface area contributed by atoms with Gasteiger partial charge in [0.2, 0.25) is 6.79 Å². The SMILES string of the molecule is Cn1c(C(=O)N2CCCc3cc4c(cc3CCc3cc(ccc3O)CC2)OCO4)cc(=O)n(C)c1=O.O=CO. The third-order valence-electron chi connectivity index (χ3n) is 7.08. The summed E-state index contributed by atoms with van der Waals surface area (Å²) in [4.78, 5) is 48.3. The zero-order valence-electron chi connectivity index (χ0n) is 21.9. The molecule has 0 fully saturated rings. The normalized spacial score (nSPS) is 14.6. The maximum Gasteiger partial charge on any atom is 0.331 e. The molecule has 11 nitrogen and oxygen atoms in total. The van der Waals surface area contributed by atoms with E-state index in [1.807, 2.05) is 24.3 Å². The molecular formula is C28H31N3O8. The lowest BCUT2D eigenvalue weighted by Crippen LogP contribution is -2.43. The first-order valence-electron chi connectivity index (χ1n) is 12.6. The molecule has 206 valence electrons. The van der Waals surface area contributed by atoms with Crippen molar-refractivity contribution < 1.29 is 29.3 Å². The zero-order valence-corrected chi connectivity index (χ0v) is 21.9. The average molecular weight is 538 g/mol. The Morgan fingerprint density at radius 1 is 0.872 bits per heavy atom. The van der Waals surface area contributed by atoms with E-state index in [4.69, 9.17) is 19.4 Å². The Kier molecular flexibility index (Phi) is 8.38. The zero-order chi connectivity index (χ0) is 28.1. The van der Waals surface area contributed by atoms with Gasteiger partial charge in [0.25, 0.3) is 17.9 Å². The quantitative estimate of drug-likeness (QED) is 0.447. The minimum atomic E-state index is -0.537. The summed E-state index contributed by atoms with van der Waals surface area (Å²) in [6.07, 6.45) is 3.40. The van der Waals surface area contributed by atoms with Crippen molar-refractivity contribution in [3.63, 3.8) is 0 Å². The molecule has 2 N–H and O–H groups in total. The van der Waals surface area contributed by atoms with Crippen molar-refractivity contribution in [3.8, 4) is 17.2 Å². The lowest BCUT2D eigenvalue weighted by atomic mass is 9.95. The molecule has 0 radical (unpaired) electrons. The second-order valence-electron chi connectivity index (χ2n) is 9.46. The van der Waals surface area contributed by atoms with Crippen molar-refractivity contribution in [3.05, 3.63) is 85.2 Å². The molecule has 5 rings (SSSR count). The molecular weight excluding hydrogens is 506 g/mol. The Hall–Kier alpha value is -4.54. The number of hydrogen-bond donors (Lipinski definition) is 2. The van der Waals surface area contributed by atoms with Gasteiger partial charge in [0.1, 0.15) is 11.4 Å². The number of aromatic hydroxyl groups is 1. The highest BCUT2D eigenvalue weighted by atomic mass is 16.7. The number of aryl methyl sites for hydroxylation is 3. The van der Waals surface area contributed by atoms with Crippen LogP contribution in [0.1, 0.15) is 39.2 Å². The number of benzene rings is 2. The van der Waals surface area contributed by atoms with Gasteiger partial charge in [0.15, 0.2) is 11.5 Å². The maximum absolute atomic E-state index is 13.5. The van der Waals surface area contributed by atoms with E-state index in [9.17, 15) is 19.5 Å². The van der Waals surface area contributed by atoms with Gasteiger partial charge < -0.3 is 24.6 Å². The molecule has 2 aliphatic rings. The summed E-state index contributed by atoms with van der Waals surface area (Å²) in [6.45, 7) is 0.820. The van der Waals surface area contributed by atoms with Gasteiger partial charge >= 0.3 is 5.69 Å². The van der Waals surface area contributed by atoms with Crippen molar-refractivity contribution in [2.24, 2.45) is 14.1 Å². The molecule has 0 saturated carbocycles. The van der Waals surface area contributed by atoms with Crippen LogP contribution in [0.15, 0.2) is 46.0 Å². The smallest absolute Gasteiger partial charge is 0.331 e. The molecule has 3 heterocycles. The molecule has 0 spiro atoms. The van der Waals surface area contributed by atoms with Gasteiger partial charge in [-0.2, -0.15) is 0 Å². The highest BCUT2D eigenvalue weighted by molar-refractivity contribution is 5.92. The molecule has 2 aromatic carbocycles. The lowest BCUT2D eigenvalue weighted by Gasteiger charge is -2.24. The summed E-state index contributed by atoms with van der Waals surface area (Å²) in [6, 6.07) is 10.8. The van der Waals surface area contributed by atoms with E-state index in [1.54, 1.807) is 11.0 Å². The molecule has 39 heavy (non-hydrogen) atoms. The fourth-order valence-electron chi connectivity index (χ4n) is 4.89. The summed E-state index contributed by atoms with van der Waals surface area (Å²) in [5.74, 6) is 1.33. The van der Waals surface area contributed by atoms with Gasteiger partial charge in [-0.1, -0.05) is 12.1 Å². The molecule has 0 unspecified atom stereocenters. The third kappa shape index (κ3) is 5.97. The Balaban J connectivity index is 0.00000112. The van der Waals surface area contributed by atoms with Gasteiger partial charge in [0, 0.05) is 33.3 Å². The number of ether oxygens (including phenoxy) is 2. The van der Waals surface area contributed by atoms with Crippen molar-refractivity contribution in [2.45, 2.75) is 32.1 Å². The number of carbonyl (C=O) groups excluding carboxylic acids is 1. The number of nitrogens with zero attached hydrogens (tertiary/aromatic N) is 3. The Labute approximate surface area is 224 Å². The average Bonchev–Trinajstić information content (AvgIpc) is 3.38. The number of phenols is 1. The second kappa shape index (κ2) is 11.9. The molecule has 2 aliphatic heterocycles. The molecule has 11 heteroatoms. The molecule has 0 saturated heterocycles. The Morgan fingerprint density at radius 3 is 2.21 bits per heavy atom. The third-order valence-corrected chi connectivity index (χ3v) is 7.08. The van der Waals surface area contributed by atoms with Crippen LogP contribution in [0, 0.1) is 0 Å². The van der Waals surface area contributed by atoms with E-state index in [1.165, 1.54) is 24.7 Å². The fourth-order valence-corrected chi connectivity index (χ4v) is 4.89. The van der Waals surface area contributed by atoms with E-state index in [2.05, 4.69) is 0 Å². The van der Waals surface area contributed by atoms with Crippen molar-refractivity contribution in [2.75, 3.05) is 19.9 Å². The summed E-state index contributed by atoms with van der Waals surface area (Å²) in [5.41, 5.74) is 3.11. The van der Waals surface area contributed by atoms with E-state index >= 15 is 0 Å². The molecule has 2 bridgehead atoms. The number of amides is 1. The van der Waals surface area contributed by atoms with Crippen LogP contribution in [0.25, 0.3) is 0 Å². The number of hydrogen-bond acceptors (Lipinski definition) is 7. The highest BCUT2D eigenvalue weighted by Crippen LogP contribution is 2.36. The first-order chi connectivity index (χ1) is 18.7. The molecule has 0 aliphatic carbocycles. The number of aromatic nitrogens is 2. The van der Waals surface area contributed by atoms with Crippen LogP contribution in [0.2, 0.25) is 0 Å². The Bertz CT molecular complexity index is 1510. The van der Waals surface area contributed by atoms with E-state index in [-0.39, 0.29) is 30.6 Å². The first-order valence-corrected chi connectivity index (χ1v) is 12.6. The van der Waals surface area contributed by atoms with Crippen LogP contribution in [-0.2, 0) is 44.6 Å². The number of fused-ring (bicyclic) bond motifs is 4. The van der Waals surface area contributed by atoms with E-state index in [0.29, 0.717) is 38.1 Å². The van der Waals surface area contributed by atoms with E-state index in [0.717, 1.165) is 45.4 Å². The van der Waals surface area contributed by atoms with Crippen molar-refractivity contribution in [1.29, 1.82) is 0 Å². The van der Waals surface area contributed by atoms with Gasteiger partial charge in [-0.15, -0.1) is 0 Å². The lowest BCUT2D eigenvalue weighted by molar-refractivity contribution is -0.122. The predicted octanol–water partition coefficient (Wildman–Crippen LogP) is 1.64. The topological polar surface area (TPSA) is 140 Å². The molecule has 0 atom stereocenters. The molecule has 3 aromatic rings. The summed E-state index contributed by atoms with van der Waals surface area (Å²) < 4.78 is 13.4. The standard InChI is InChI=1S/C27H29N3O6.CH2O2/c1-28-21(15-25(32)29(2)27(28)34)26(33)30-10-3-4-18-13-23-24(36-16-35-23)14-19(18)6-7-20-12-17(9-11-30)5-8-22(20)31;2-1-3/h5,8,12-15,31H,3-4,6-7,9-11,16H2,1-2H3;1H,(H,2,3). The summed E-state index contributed by atoms with van der Waals surface area (Å²) in [7, 11) is 2.89. The van der Waals surface area contributed by atoms with Gasteiger partial charge in [-0.25, -0.2) is 4.79 Å². The Morgan fingerprint density at radius 2 is 1.51 bits per heavy atom. The molecule has 1 aromatic heterocycles. The minimum Gasteiger partial charge on any atom is -0.508 e. The van der Waals surface area contributed by atoms with Crippen molar-refractivity contribution >= 4 is 12.4 Å². The predicted molar refractivity (Wildman–Crippen MR) is 142 cm³/mol.